The van der Waals surface area contributed by atoms with Crippen molar-refractivity contribution in [2.75, 3.05) is 6.54 Å². The smallest absolute Gasteiger partial charge is 0.243 e. The lowest BCUT2D eigenvalue weighted by atomic mass is 9.83. The molecule has 1 aliphatic carbocycles. The van der Waals surface area contributed by atoms with Crippen LogP contribution in [0.25, 0.3) is 0 Å². The third-order valence-corrected chi connectivity index (χ3v) is 4.71. The van der Waals surface area contributed by atoms with Crippen molar-refractivity contribution in [1.82, 2.24) is 10.2 Å². The van der Waals surface area contributed by atoms with Crippen LogP contribution in [-0.2, 0) is 14.4 Å². The zero-order valence-electron chi connectivity index (χ0n) is 13.0. The Kier molecular flexibility index (Phi) is 5.39. The zero-order valence-corrected chi connectivity index (χ0v) is 13.0. The molecule has 0 aromatic heterocycles. The van der Waals surface area contributed by atoms with E-state index in [1.807, 2.05) is 0 Å². The van der Waals surface area contributed by atoms with Gasteiger partial charge in [-0.15, -0.1) is 0 Å². The summed E-state index contributed by atoms with van der Waals surface area (Å²) in [7, 11) is 0. The lowest BCUT2D eigenvalue weighted by Crippen LogP contribution is -2.54. The van der Waals surface area contributed by atoms with Crippen molar-refractivity contribution in [3.63, 3.8) is 0 Å². The second-order valence-electron chi connectivity index (χ2n) is 6.36. The van der Waals surface area contributed by atoms with Gasteiger partial charge in [0.05, 0.1) is 6.10 Å². The van der Waals surface area contributed by atoms with Gasteiger partial charge in [0, 0.05) is 19.9 Å². The van der Waals surface area contributed by atoms with Crippen molar-refractivity contribution >= 4 is 17.7 Å². The van der Waals surface area contributed by atoms with Crippen LogP contribution in [0.2, 0.25) is 0 Å². The first-order valence-electron chi connectivity index (χ1n) is 7.95. The third kappa shape index (κ3) is 3.76. The molecule has 124 valence electrons. The van der Waals surface area contributed by atoms with Gasteiger partial charge in [-0.25, -0.2) is 0 Å². The molecule has 2 rings (SSSR count). The molecular formula is C15H25N3O4. The number of hydrogen-bond acceptors (Lipinski definition) is 4. The van der Waals surface area contributed by atoms with Gasteiger partial charge in [0.2, 0.25) is 17.7 Å². The average molecular weight is 311 g/mol. The van der Waals surface area contributed by atoms with Crippen molar-refractivity contribution in [2.45, 2.75) is 63.6 Å². The molecule has 0 spiro atoms. The fourth-order valence-corrected chi connectivity index (χ4v) is 3.55. The second-order valence-corrected chi connectivity index (χ2v) is 6.36. The van der Waals surface area contributed by atoms with E-state index in [2.05, 4.69) is 5.32 Å². The topological polar surface area (TPSA) is 113 Å². The number of nitrogens with zero attached hydrogens (tertiary/aromatic N) is 1. The molecule has 7 nitrogen and oxygen atoms in total. The summed E-state index contributed by atoms with van der Waals surface area (Å²) in [5.41, 5.74) is 5.45. The highest BCUT2D eigenvalue weighted by atomic mass is 16.3. The van der Waals surface area contributed by atoms with Crippen LogP contribution in [0.5, 0.6) is 0 Å². The minimum atomic E-state index is -0.724. The highest BCUT2D eigenvalue weighted by Gasteiger charge is 2.39. The minimum Gasteiger partial charge on any atom is -0.391 e. The van der Waals surface area contributed by atoms with Crippen molar-refractivity contribution in [2.24, 2.45) is 11.7 Å². The summed E-state index contributed by atoms with van der Waals surface area (Å²) in [4.78, 5) is 37.1. The number of primary amides is 1. The molecule has 22 heavy (non-hydrogen) atoms. The number of carbonyl (C=O) groups is 3. The summed E-state index contributed by atoms with van der Waals surface area (Å²) >= 11 is 0. The Morgan fingerprint density at radius 2 is 1.86 bits per heavy atom. The number of hydrogen-bond donors (Lipinski definition) is 3. The molecule has 1 saturated heterocycles. The normalized spacial score (nSPS) is 27.5. The SMILES string of the molecule is CC(=O)N1C[C@H](O)C[C@H]1C(=O)N[C@H](C(N)=O)C1CCCCC1. The summed E-state index contributed by atoms with van der Waals surface area (Å²) in [6.45, 7) is 1.52. The van der Waals surface area contributed by atoms with Crippen LogP contribution in [0.4, 0.5) is 0 Å². The van der Waals surface area contributed by atoms with E-state index >= 15 is 0 Å². The predicted molar refractivity (Wildman–Crippen MR) is 79.5 cm³/mol. The lowest BCUT2D eigenvalue weighted by Gasteiger charge is -2.30. The third-order valence-electron chi connectivity index (χ3n) is 4.71. The number of carbonyl (C=O) groups excluding carboxylic acids is 3. The monoisotopic (exact) mass is 311 g/mol. The van der Waals surface area contributed by atoms with Gasteiger partial charge in [0.25, 0.3) is 0 Å². The Morgan fingerprint density at radius 1 is 1.23 bits per heavy atom. The number of likely N-dealkylation sites (tertiary alicyclic amines) is 1. The fraction of sp³-hybridized carbons (Fsp3) is 0.800. The number of nitrogens with one attached hydrogen (secondary N) is 1. The van der Waals surface area contributed by atoms with E-state index in [0.29, 0.717) is 0 Å². The zero-order chi connectivity index (χ0) is 16.3. The quantitative estimate of drug-likeness (QED) is 0.650. The van der Waals surface area contributed by atoms with E-state index in [9.17, 15) is 19.5 Å². The van der Waals surface area contributed by atoms with E-state index in [1.165, 1.54) is 11.8 Å². The van der Waals surface area contributed by atoms with Gasteiger partial charge in [-0.2, -0.15) is 0 Å². The first-order valence-corrected chi connectivity index (χ1v) is 7.95. The fourth-order valence-electron chi connectivity index (χ4n) is 3.55. The summed E-state index contributed by atoms with van der Waals surface area (Å²) in [6.07, 6.45) is 4.44. The number of rotatable bonds is 4. The molecule has 1 saturated carbocycles. The van der Waals surface area contributed by atoms with Gasteiger partial charge >= 0.3 is 0 Å². The van der Waals surface area contributed by atoms with Crippen molar-refractivity contribution < 1.29 is 19.5 Å². The van der Waals surface area contributed by atoms with Crippen molar-refractivity contribution in [1.29, 1.82) is 0 Å². The molecule has 7 heteroatoms. The standard InChI is InChI=1S/C15H25N3O4/c1-9(19)18-8-11(20)7-12(18)15(22)17-13(14(16)21)10-5-3-2-4-6-10/h10-13,20H,2-8H2,1H3,(H2,16,21)(H,17,22)/t11-,12+,13+/m1/s1. The highest BCUT2D eigenvalue weighted by molar-refractivity contribution is 5.91. The van der Waals surface area contributed by atoms with Crippen LogP contribution in [0.1, 0.15) is 45.4 Å². The van der Waals surface area contributed by atoms with Crippen LogP contribution >= 0.6 is 0 Å². The van der Waals surface area contributed by atoms with Crippen LogP contribution in [0.3, 0.4) is 0 Å². The highest BCUT2D eigenvalue weighted by Crippen LogP contribution is 2.27. The summed E-state index contributed by atoms with van der Waals surface area (Å²) in [5, 5.41) is 12.4. The predicted octanol–water partition coefficient (Wildman–Crippen LogP) is -0.481. The molecule has 3 amide bonds. The Bertz CT molecular complexity index is 448. The number of aliphatic hydroxyl groups excluding tert-OH is 1. The van der Waals surface area contributed by atoms with Crippen LogP contribution < -0.4 is 11.1 Å². The van der Waals surface area contributed by atoms with E-state index < -0.39 is 30.0 Å². The maximum Gasteiger partial charge on any atom is 0.243 e. The van der Waals surface area contributed by atoms with Crippen LogP contribution in [-0.4, -0.2) is 52.5 Å². The molecule has 0 aromatic rings. The largest absolute Gasteiger partial charge is 0.391 e. The minimum absolute atomic E-state index is 0.0623. The average Bonchev–Trinajstić information content (AvgIpc) is 2.87. The van der Waals surface area contributed by atoms with E-state index in [4.69, 9.17) is 5.73 Å². The van der Waals surface area contributed by atoms with E-state index in [1.54, 1.807) is 0 Å². The summed E-state index contributed by atoms with van der Waals surface area (Å²) < 4.78 is 0. The lowest BCUT2D eigenvalue weighted by molar-refractivity contribution is -0.138. The molecular weight excluding hydrogens is 286 g/mol. The van der Waals surface area contributed by atoms with Gasteiger partial charge in [0.1, 0.15) is 12.1 Å². The molecule has 0 radical (unpaired) electrons. The van der Waals surface area contributed by atoms with Gasteiger partial charge in [-0.05, 0) is 18.8 Å². The van der Waals surface area contributed by atoms with Gasteiger partial charge in [-0.1, -0.05) is 19.3 Å². The Labute approximate surface area is 130 Å². The molecule has 1 aliphatic heterocycles. The number of nitrogens with two attached hydrogens (primary N) is 1. The molecule has 4 N–H and O–H groups in total. The number of amides is 3. The maximum absolute atomic E-state index is 12.4. The van der Waals surface area contributed by atoms with Gasteiger partial charge < -0.3 is 21.1 Å². The van der Waals surface area contributed by atoms with Crippen LogP contribution in [0, 0.1) is 5.92 Å². The Morgan fingerprint density at radius 3 is 2.41 bits per heavy atom. The van der Waals surface area contributed by atoms with Crippen molar-refractivity contribution in [3.8, 4) is 0 Å². The first-order chi connectivity index (χ1) is 10.4. The molecule has 0 bridgehead atoms. The summed E-state index contributed by atoms with van der Waals surface area (Å²) in [6, 6.07) is -1.42. The van der Waals surface area contributed by atoms with Gasteiger partial charge in [0.15, 0.2) is 0 Å². The molecule has 0 aromatic carbocycles. The van der Waals surface area contributed by atoms with Crippen LogP contribution in [0.15, 0.2) is 0 Å². The Balaban J connectivity index is 2.04. The molecule has 2 fully saturated rings. The number of aliphatic hydroxyl groups is 1. The maximum atomic E-state index is 12.4. The van der Waals surface area contributed by atoms with Gasteiger partial charge in [-0.3, -0.25) is 14.4 Å². The van der Waals surface area contributed by atoms with Crippen molar-refractivity contribution in [3.05, 3.63) is 0 Å². The molecule has 3 atom stereocenters. The molecule has 0 unspecified atom stereocenters. The Hall–Kier alpha value is -1.63. The molecule has 2 aliphatic rings. The number of β-amino-alcohol motifs (C(OH)–C–C–N with tert-alkyl or cyclic N) is 1. The summed E-state index contributed by atoms with van der Waals surface area (Å²) in [5.74, 6) is -1.13. The van der Waals surface area contributed by atoms with E-state index in [0.717, 1.165) is 32.1 Å². The first kappa shape index (κ1) is 16.7. The second kappa shape index (κ2) is 7.09. The van der Waals surface area contributed by atoms with E-state index in [-0.39, 0.29) is 24.8 Å². The molecule has 1 heterocycles.